The molecule has 4 nitrogen and oxygen atoms in total. The second-order valence-electron chi connectivity index (χ2n) is 3.49. The average molecular weight is 233 g/mol. The van der Waals surface area contributed by atoms with E-state index in [0.717, 1.165) is 16.7 Å². The fourth-order valence-electron chi connectivity index (χ4n) is 1.48. The normalized spacial score (nSPS) is 10.3. The first-order chi connectivity index (χ1) is 7.59. The van der Waals surface area contributed by atoms with Crippen molar-refractivity contribution in [3.8, 4) is 11.1 Å². The number of rotatable bonds is 2. The summed E-state index contributed by atoms with van der Waals surface area (Å²) in [7, 11) is 0. The van der Waals surface area contributed by atoms with Gasteiger partial charge in [-0.2, -0.15) is 11.3 Å². The second-order valence-corrected chi connectivity index (χ2v) is 4.23. The van der Waals surface area contributed by atoms with Gasteiger partial charge in [-0.25, -0.2) is 4.98 Å². The number of nitrogen functional groups attached to an aromatic ring is 1. The van der Waals surface area contributed by atoms with E-state index in [0.29, 0.717) is 0 Å². The van der Waals surface area contributed by atoms with Crippen molar-refractivity contribution in [3.05, 3.63) is 34.2 Å². The number of thiophene rings is 1. The van der Waals surface area contributed by atoms with Crippen LogP contribution in [0.3, 0.4) is 0 Å². The van der Waals surface area contributed by atoms with Crippen molar-refractivity contribution < 1.29 is 4.79 Å². The molecule has 0 aliphatic heterocycles. The molecule has 0 unspecified atom stereocenters. The molecule has 5 heteroatoms. The molecule has 0 radical (unpaired) electrons. The van der Waals surface area contributed by atoms with Gasteiger partial charge in [0, 0.05) is 11.8 Å². The topological polar surface area (TPSA) is 82.0 Å². The fraction of sp³-hybridized carbons (Fsp3) is 0.0909. The van der Waals surface area contributed by atoms with E-state index in [1.807, 2.05) is 17.7 Å². The predicted molar refractivity (Wildman–Crippen MR) is 65.2 cm³/mol. The molecule has 1 amide bonds. The van der Waals surface area contributed by atoms with Crippen LogP contribution in [-0.4, -0.2) is 10.9 Å². The lowest BCUT2D eigenvalue weighted by Crippen LogP contribution is -2.14. The van der Waals surface area contributed by atoms with Gasteiger partial charge in [-0.1, -0.05) is 0 Å². The van der Waals surface area contributed by atoms with Gasteiger partial charge in [0.25, 0.3) is 5.91 Å². The first-order valence-electron chi connectivity index (χ1n) is 4.68. The number of aromatic nitrogens is 1. The number of anilines is 1. The second kappa shape index (κ2) is 3.94. The minimum Gasteiger partial charge on any atom is -0.383 e. The molecule has 2 heterocycles. The minimum atomic E-state index is -0.556. The number of nitrogens with zero attached hydrogens (tertiary/aromatic N) is 1. The largest absolute Gasteiger partial charge is 0.383 e. The van der Waals surface area contributed by atoms with Crippen molar-refractivity contribution in [2.75, 3.05) is 5.73 Å². The average Bonchev–Trinajstić information content (AvgIpc) is 2.65. The van der Waals surface area contributed by atoms with Crippen molar-refractivity contribution in [2.45, 2.75) is 6.92 Å². The third kappa shape index (κ3) is 1.77. The molecule has 0 atom stereocenters. The van der Waals surface area contributed by atoms with Crippen LogP contribution in [0.25, 0.3) is 11.1 Å². The third-order valence-corrected chi connectivity index (χ3v) is 3.21. The lowest BCUT2D eigenvalue weighted by Gasteiger charge is -2.04. The molecule has 0 aliphatic rings. The van der Waals surface area contributed by atoms with Gasteiger partial charge in [0.2, 0.25) is 0 Å². The molecular formula is C11H11N3OS. The zero-order valence-electron chi connectivity index (χ0n) is 8.73. The van der Waals surface area contributed by atoms with Gasteiger partial charge in [0.05, 0.1) is 5.56 Å². The van der Waals surface area contributed by atoms with E-state index >= 15 is 0 Å². The highest BCUT2D eigenvalue weighted by Crippen LogP contribution is 2.27. The van der Waals surface area contributed by atoms with Crippen LogP contribution in [0.15, 0.2) is 23.0 Å². The molecule has 0 aliphatic carbocycles. The van der Waals surface area contributed by atoms with Gasteiger partial charge in [-0.05, 0) is 34.9 Å². The Labute approximate surface area is 96.9 Å². The molecule has 0 spiro atoms. The Hall–Kier alpha value is -1.88. The summed E-state index contributed by atoms with van der Waals surface area (Å²) >= 11 is 1.60. The summed E-state index contributed by atoms with van der Waals surface area (Å²) in [5.41, 5.74) is 14.1. The van der Waals surface area contributed by atoms with E-state index < -0.39 is 5.91 Å². The van der Waals surface area contributed by atoms with Crippen molar-refractivity contribution >= 4 is 23.1 Å². The van der Waals surface area contributed by atoms with E-state index in [1.165, 1.54) is 0 Å². The summed E-state index contributed by atoms with van der Waals surface area (Å²) in [6.07, 6.45) is 1.65. The van der Waals surface area contributed by atoms with E-state index in [-0.39, 0.29) is 11.4 Å². The van der Waals surface area contributed by atoms with E-state index in [1.54, 1.807) is 23.6 Å². The van der Waals surface area contributed by atoms with Crippen LogP contribution in [0.2, 0.25) is 0 Å². The molecule has 2 aromatic heterocycles. The van der Waals surface area contributed by atoms with Crippen LogP contribution in [0.5, 0.6) is 0 Å². The Bertz CT molecular complexity index is 548. The summed E-state index contributed by atoms with van der Waals surface area (Å²) in [6, 6.07) is 1.68. The Morgan fingerprint density at radius 1 is 1.44 bits per heavy atom. The Morgan fingerprint density at radius 2 is 2.19 bits per heavy atom. The maximum absolute atomic E-state index is 11.1. The Morgan fingerprint density at radius 3 is 2.75 bits per heavy atom. The molecule has 0 saturated heterocycles. The van der Waals surface area contributed by atoms with Crippen LogP contribution in [0.1, 0.15) is 15.9 Å². The lowest BCUT2D eigenvalue weighted by molar-refractivity contribution is 0.100. The zero-order chi connectivity index (χ0) is 11.7. The summed E-state index contributed by atoms with van der Waals surface area (Å²) in [5.74, 6) is -0.385. The van der Waals surface area contributed by atoms with Gasteiger partial charge in [-0.3, -0.25) is 4.79 Å². The van der Waals surface area contributed by atoms with Crippen LogP contribution < -0.4 is 11.5 Å². The first kappa shape index (κ1) is 10.6. The van der Waals surface area contributed by atoms with E-state index in [9.17, 15) is 4.79 Å². The molecule has 4 N–H and O–H groups in total. The molecule has 0 aromatic carbocycles. The molecule has 0 bridgehead atoms. The monoisotopic (exact) mass is 233 g/mol. The van der Waals surface area contributed by atoms with Gasteiger partial charge >= 0.3 is 0 Å². The fourth-order valence-corrected chi connectivity index (χ4v) is 2.33. The molecule has 0 saturated carbocycles. The number of amides is 1. The van der Waals surface area contributed by atoms with Crippen LogP contribution in [0.4, 0.5) is 5.82 Å². The van der Waals surface area contributed by atoms with Gasteiger partial charge in [0.1, 0.15) is 5.82 Å². The number of nitrogens with two attached hydrogens (primary N) is 2. The Balaban J connectivity index is 2.56. The zero-order valence-corrected chi connectivity index (χ0v) is 9.54. The molecule has 82 valence electrons. The van der Waals surface area contributed by atoms with Crippen molar-refractivity contribution in [2.24, 2.45) is 5.73 Å². The summed E-state index contributed by atoms with van der Waals surface area (Å²) in [6.45, 7) is 2.01. The highest BCUT2D eigenvalue weighted by molar-refractivity contribution is 7.08. The molecule has 2 rings (SSSR count). The molecule has 0 fully saturated rings. The number of pyridine rings is 1. The third-order valence-electron chi connectivity index (χ3n) is 2.35. The number of carbonyl (C=O) groups excluding carboxylic acids is 1. The molecular weight excluding hydrogens is 222 g/mol. The highest BCUT2D eigenvalue weighted by Gasteiger charge is 2.10. The first-order valence-corrected chi connectivity index (χ1v) is 5.62. The SMILES string of the molecule is Cc1cscc1-c1cnc(N)c(C(N)=O)c1. The number of aryl methyl sites for hydroxylation is 1. The van der Waals surface area contributed by atoms with Gasteiger partial charge in [-0.15, -0.1) is 0 Å². The van der Waals surface area contributed by atoms with Crippen molar-refractivity contribution in [1.29, 1.82) is 0 Å². The highest BCUT2D eigenvalue weighted by atomic mass is 32.1. The number of hydrogen-bond acceptors (Lipinski definition) is 4. The van der Waals surface area contributed by atoms with Gasteiger partial charge < -0.3 is 11.5 Å². The molecule has 16 heavy (non-hydrogen) atoms. The van der Waals surface area contributed by atoms with Crippen molar-refractivity contribution in [3.63, 3.8) is 0 Å². The summed E-state index contributed by atoms with van der Waals surface area (Å²) in [5, 5.41) is 4.04. The maximum Gasteiger partial charge on any atom is 0.252 e. The lowest BCUT2D eigenvalue weighted by atomic mass is 10.1. The van der Waals surface area contributed by atoms with Crippen LogP contribution >= 0.6 is 11.3 Å². The standard InChI is InChI=1S/C11H11N3OS/c1-6-4-16-5-9(6)7-2-8(11(13)15)10(12)14-3-7/h2-5H,1H3,(H2,12,14)(H2,13,15). The number of primary amides is 1. The Kier molecular flexibility index (Phi) is 2.62. The summed E-state index contributed by atoms with van der Waals surface area (Å²) in [4.78, 5) is 15.1. The van der Waals surface area contributed by atoms with Crippen LogP contribution in [-0.2, 0) is 0 Å². The maximum atomic E-state index is 11.1. The number of hydrogen-bond donors (Lipinski definition) is 2. The van der Waals surface area contributed by atoms with E-state index in [2.05, 4.69) is 4.98 Å². The summed E-state index contributed by atoms with van der Waals surface area (Å²) < 4.78 is 0. The van der Waals surface area contributed by atoms with E-state index in [4.69, 9.17) is 11.5 Å². The van der Waals surface area contributed by atoms with Crippen LogP contribution in [0, 0.1) is 6.92 Å². The van der Waals surface area contributed by atoms with Gasteiger partial charge in [0.15, 0.2) is 0 Å². The minimum absolute atomic E-state index is 0.170. The van der Waals surface area contributed by atoms with Crippen molar-refractivity contribution in [1.82, 2.24) is 4.98 Å². The quantitative estimate of drug-likeness (QED) is 0.829. The molecule has 2 aromatic rings. The smallest absolute Gasteiger partial charge is 0.252 e. The number of carbonyl (C=O) groups is 1. The predicted octanol–water partition coefficient (Wildman–Crippen LogP) is 1.80.